The molecule has 1 N–H and O–H groups in total. The highest BCUT2D eigenvalue weighted by Gasteiger charge is 2.37. The van der Waals surface area contributed by atoms with Crippen LogP contribution in [0.4, 0.5) is 13.2 Å². The van der Waals surface area contributed by atoms with E-state index in [9.17, 15) is 18.0 Å². The number of hydrogen-bond acceptors (Lipinski definition) is 3. The van der Waals surface area contributed by atoms with E-state index in [1.54, 1.807) is 0 Å². The Morgan fingerprint density at radius 3 is 2.75 bits per heavy atom. The first-order valence-electron chi connectivity index (χ1n) is 4.30. The zero-order valence-corrected chi connectivity index (χ0v) is 8.25. The van der Waals surface area contributed by atoms with Gasteiger partial charge < -0.3 is 14.3 Å². The van der Waals surface area contributed by atoms with Gasteiger partial charge in [-0.2, -0.15) is 13.2 Å². The Kier molecular flexibility index (Phi) is 3.58. The molecule has 0 aromatic carbocycles. The molecule has 0 fully saturated rings. The minimum Gasteiger partial charge on any atom is -0.475 e. The summed E-state index contributed by atoms with van der Waals surface area (Å²) in [6.45, 7) is 0.388. The van der Waals surface area contributed by atoms with E-state index in [0.29, 0.717) is 0 Å². The van der Waals surface area contributed by atoms with E-state index >= 15 is 0 Å². The molecule has 0 aliphatic heterocycles. The molecule has 1 unspecified atom stereocenters. The molecule has 90 valence electrons. The van der Waals surface area contributed by atoms with Crippen molar-refractivity contribution in [3.8, 4) is 0 Å². The van der Waals surface area contributed by atoms with Crippen molar-refractivity contribution in [1.82, 2.24) is 0 Å². The predicted molar refractivity (Wildman–Crippen MR) is 46.0 cm³/mol. The van der Waals surface area contributed by atoms with Gasteiger partial charge in [0.25, 0.3) is 0 Å². The van der Waals surface area contributed by atoms with Crippen molar-refractivity contribution in [3.05, 3.63) is 23.7 Å². The Bertz CT molecular complexity index is 369. The molecular weight excluding hydrogens is 229 g/mol. The molecule has 1 heterocycles. The van der Waals surface area contributed by atoms with Gasteiger partial charge in [-0.05, 0) is 13.0 Å². The summed E-state index contributed by atoms with van der Waals surface area (Å²) in [7, 11) is 0. The second-order valence-electron chi connectivity index (χ2n) is 3.07. The first kappa shape index (κ1) is 12.6. The van der Waals surface area contributed by atoms with Gasteiger partial charge in [0, 0.05) is 5.56 Å². The van der Waals surface area contributed by atoms with Crippen LogP contribution in [0, 0.1) is 0 Å². The van der Waals surface area contributed by atoms with Gasteiger partial charge in [-0.25, -0.2) is 4.79 Å². The van der Waals surface area contributed by atoms with Crippen LogP contribution in [0.5, 0.6) is 0 Å². The number of aromatic carboxylic acids is 1. The van der Waals surface area contributed by atoms with Gasteiger partial charge in [-0.3, -0.25) is 0 Å². The molecule has 0 spiro atoms. The highest BCUT2D eigenvalue weighted by Crippen LogP contribution is 2.24. The Balaban J connectivity index is 2.62. The van der Waals surface area contributed by atoms with Crippen LogP contribution in [0.3, 0.4) is 0 Å². The fourth-order valence-corrected chi connectivity index (χ4v) is 0.946. The summed E-state index contributed by atoms with van der Waals surface area (Å²) in [5, 5.41) is 8.61. The van der Waals surface area contributed by atoms with Gasteiger partial charge >= 0.3 is 12.1 Å². The van der Waals surface area contributed by atoms with E-state index in [1.807, 2.05) is 0 Å². The number of halogens is 3. The fourth-order valence-electron chi connectivity index (χ4n) is 0.946. The third-order valence-corrected chi connectivity index (χ3v) is 1.89. The van der Waals surface area contributed by atoms with Crippen molar-refractivity contribution in [3.63, 3.8) is 0 Å². The largest absolute Gasteiger partial charge is 0.475 e. The van der Waals surface area contributed by atoms with Crippen LogP contribution < -0.4 is 0 Å². The van der Waals surface area contributed by atoms with Crippen LogP contribution in [0.25, 0.3) is 0 Å². The lowest BCUT2D eigenvalue weighted by atomic mass is 10.2. The molecule has 1 atom stereocenters. The lowest BCUT2D eigenvalue weighted by Crippen LogP contribution is -2.28. The summed E-state index contributed by atoms with van der Waals surface area (Å²) in [4.78, 5) is 10.6. The van der Waals surface area contributed by atoms with Crippen molar-refractivity contribution in [2.45, 2.75) is 25.8 Å². The van der Waals surface area contributed by atoms with Crippen LogP contribution in [0.15, 0.2) is 16.7 Å². The van der Waals surface area contributed by atoms with Crippen molar-refractivity contribution in [2.24, 2.45) is 0 Å². The summed E-state index contributed by atoms with van der Waals surface area (Å²) >= 11 is 0. The molecule has 7 heteroatoms. The summed E-state index contributed by atoms with van der Waals surface area (Å²) in [6.07, 6.45) is -5.34. The van der Waals surface area contributed by atoms with Crippen molar-refractivity contribution in [2.75, 3.05) is 0 Å². The number of alkyl halides is 3. The van der Waals surface area contributed by atoms with Crippen LogP contribution in [-0.4, -0.2) is 23.4 Å². The Labute approximate surface area is 88.6 Å². The predicted octanol–water partition coefficient (Wildman–Crippen LogP) is 2.45. The zero-order chi connectivity index (χ0) is 12.3. The summed E-state index contributed by atoms with van der Waals surface area (Å²) in [5.41, 5.74) is 0.0728. The van der Waals surface area contributed by atoms with E-state index in [0.717, 1.165) is 13.2 Å². The third-order valence-electron chi connectivity index (χ3n) is 1.89. The molecule has 16 heavy (non-hydrogen) atoms. The smallest absolute Gasteiger partial charge is 0.414 e. The molecule has 1 aromatic rings. The number of furan rings is 1. The number of ether oxygens (including phenoxy) is 1. The molecule has 1 aromatic heterocycles. The standard InChI is InChI=1S/C9H9F3O4/c1-5(9(10,11)12)16-4-6-2-3-15-7(6)8(13)14/h2-3,5H,4H2,1H3,(H,13,14). The normalized spacial score (nSPS) is 13.8. The second kappa shape index (κ2) is 4.56. The average Bonchev–Trinajstić information content (AvgIpc) is 2.60. The summed E-state index contributed by atoms with van der Waals surface area (Å²) < 4.78 is 45.3. The van der Waals surface area contributed by atoms with E-state index in [-0.39, 0.29) is 5.56 Å². The van der Waals surface area contributed by atoms with Gasteiger partial charge in [0.05, 0.1) is 12.9 Å². The Morgan fingerprint density at radius 1 is 1.62 bits per heavy atom. The van der Waals surface area contributed by atoms with E-state index in [1.165, 1.54) is 6.07 Å². The zero-order valence-electron chi connectivity index (χ0n) is 8.25. The number of hydrogen-bond donors (Lipinski definition) is 1. The van der Waals surface area contributed by atoms with Gasteiger partial charge in [0.1, 0.15) is 0 Å². The van der Waals surface area contributed by atoms with Gasteiger partial charge in [-0.15, -0.1) is 0 Å². The van der Waals surface area contributed by atoms with Gasteiger partial charge in [0.2, 0.25) is 5.76 Å². The van der Waals surface area contributed by atoms with E-state index in [4.69, 9.17) is 5.11 Å². The minimum absolute atomic E-state index is 0.0728. The summed E-state index contributed by atoms with van der Waals surface area (Å²) in [5.74, 6) is -1.75. The first-order chi connectivity index (χ1) is 7.32. The lowest BCUT2D eigenvalue weighted by molar-refractivity contribution is -0.217. The molecule has 0 radical (unpaired) electrons. The van der Waals surface area contributed by atoms with Crippen LogP contribution in [0.2, 0.25) is 0 Å². The molecule has 0 amide bonds. The average molecular weight is 238 g/mol. The molecule has 0 saturated carbocycles. The number of rotatable bonds is 4. The number of carboxylic acid groups (broad SMARTS) is 1. The van der Waals surface area contributed by atoms with Crippen molar-refractivity contribution < 1.29 is 32.2 Å². The van der Waals surface area contributed by atoms with Crippen LogP contribution in [-0.2, 0) is 11.3 Å². The quantitative estimate of drug-likeness (QED) is 0.875. The highest BCUT2D eigenvalue weighted by molar-refractivity contribution is 5.85. The Morgan fingerprint density at radius 2 is 2.25 bits per heavy atom. The van der Waals surface area contributed by atoms with Gasteiger partial charge in [0.15, 0.2) is 6.10 Å². The molecule has 0 bridgehead atoms. The maximum absolute atomic E-state index is 12.1. The van der Waals surface area contributed by atoms with E-state index in [2.05, 4.69) is 9.15 Å². The topological polar surface area (TPSA) is 59.7 Å². The first-order valence-corrected chi connectivity index (χ1v) is 4.30. The molecule has 0 aliphatic carbocycles. The molecule has 0 aliphatic rings. The van der Waals surface area contributed by atoms with Gasteiger partial charge in [-0.1, -0.05) is 0 Å². The fraction of sp³-hybridized carbons (Fsp3) is 0.444. The van der Waals surface area contributed by atoms with E-state index < -0.39 is 30.6 Å². The monoisotopic (exact) mass is 238 g/mol. The highest BCUT2D eigenvalue weighted by atomic mass is 19.4. The SMILES string of the molecule is CC(OCc1ccoc1C(=O)O)C(F)(F)F. The molecule has 4 nitrogen and oxygen atoms in total. The Hall–Kier alpha value is -1.50. The summed E-state index contributed by atoms with van der Waals surface area (Å²) in [6, 6.07) is 1.26. The second-order valence-corrected chi connectivity index (χ2v) is 3.07. The molecular formula is C9H9F3O4. The maximum atomic E-state index is 12.1. The number of carboxylic acids is 1. The van der Waals surface area contributed by atoms with Crippen LogP contribution >= 0.6 is 0 Å². The minimum atomic E-state index is -4.47. The van der Waals surface area contributed by atoms with Crippen LogP contribution in [0.1, 0.15) is 23.0 Å². The molecule has 0 saturated heterocycles. The lowest BCUT2D eigenvalue weighted by Gasteiger charge is -2.15. The maximum Gasteiger partial charge on any atom is 0.414 e. The molecule has 1 rings (SSSR count). The van der Waals surface area contributed by atoms with Crippen molar-refractivity contribution in [1.29, 1.82) is 0 Å². The van der Waals surface area contributed by atoms with Crippen molar-refractivity contribution >= 4 is 5.97 Å². The number of carbonyl (C=O) groups is 1. The third kappa shape index (κ3) is 2.99.